The lowest BCUT2D eigenvalue weighted by Crippen LogP contribution is -1.87. The van der Waals surface area contributed by atoms with Crippen molar-refractivity contribution in [2.75, 3.05) is 7.11 Å². The maximum Gasteiger partial charge on any atom is 0.194 e. The van der Waals surface area contributed by atoms with Crippen molar-refractivity contribution in [3.8, 4) is 5.06 Å². The average molecular weight is 157 g/mol. The molecule has 1 aromatic rings. The summed E-state index contributed by atoms with van der Waals surface area (Å²) in [6.45, 7) is 1.48. The Morgan fingerprint density at radius 1 is 1.80 bits per heavy atom. The Kier molecular flexibility index (Phi) is 2.01. The fourth-order valence-electron chi connectivity index (χ4n) is 0.516. The first-order valence-corrected chi connectivity index (χ1v) is 3.56. The molecule has 1 aromatic heterocycles. The van der Waals surface area contributed by atoms with Gasteiger partial charge in [0.25, 0.3) is 0 Å². The number of thiazole rings is 1. The third-order valence-electron chi connectivity index (χ3n) is 0.987. The second kappa shape index (κ2) is 2.79. The number of ketones is 1. The molecule has 0 unspecified atom stereocenters. The fourth-order valence-corrected chi connectivity index (χ4v) is 1.14. The van der Waals surface area contributed by atoms with Crippen LogP contribution in [0.2, 0.25) is 0 Å². The largest absolute Gasteiger partial charge is 0.486 e. The van der Waals surface area contributed by atoms with Gasteiger partial charge in [-0.2, -0.15) is 0 Å². The van der Waals surface area contributed by atoms with E-state index in [0.29, 0.717) is 10.1 Å². The van der Waals surface area contributed by atoms with Crippen molar-refractivity contribution < 1.29 is 9.53 Å². The van der Waals surface area contributed by atoms with E-state index in [1.807, 2.05) is 0 Å². The zero-order valence-corrected chi connectivity index (χ0v) is 6.57. The summed E-state index contributed by atoms with van der Waals surface area (Å²) in [4.78, 5) is 14.5. The molecule has 0 aromatic carbocycles. The molecule has 0 atom stereocenters. The van der Waals surface area contributed by atoms with Crippen LogP contribution in [-0.4, -0.2) is 17.9 Å². The van der Waals surface area contributed by atoms with E-state index in [2.05, 4.69) is 4.98 Å². The van der Waals surface area contributed by atoms with Gasteiger partial charge in [0.15, 0.2) is 15.9 Å². The first-order chi connectivity index (χ1) is 4.74. The van der Waals surface area contributed by atoms with Crippen LogP contribution in [0, 0.1) is 0 Å². The molecule has 0 aliphatic carbocycles. The molecule has 10 heavy (non-hydrogen) atoms. The highest BCUT2D eigenvalue weighted by Gasteiger charge is 2.04. The zero-order valence-electron chi connectivity index (χ0n) is 5.75. The number of carbonyl (C=O) groups excluding carboxylic acids is 1. The smallest absolute Gasteiger partial charge is 0.194 e. The van der Waals surface area contributed by atoms with Gasteiger partial charge >= 0.3 is 0 Å². The Morgan fingerprint density at radius 3 is 2.80 bits per heavy atom. The van der Waals surface area contributed by atoms with Crippen molar-refractivity contribution in [2.45, 2.75) is 6.92 Å². The van der Waals surface area contributed by atoms with E-state index in [9.17, 15) is 4.79 Å². The summed E-state index contributed by atoms with van der Waals surface area (Å²) in [5, 5.41) is 1.17. The van der Waals surface area contributed by atoms with Gasteiger partial charge in [-0.25, -0.2) is 4.98 Å². The number of Topliss-reactive ketones (excluding diaryl/α,β-unsaturated/α-hetero) is 1. The summed E-state index contributed by atoms with van der Waals surface area (Å²) in [7, 11) is 1.55. The van der Waals surface area contributed by atoms with Gasteiger partial charge in [-0.05, 0) is 0 Å². The summed E-state index contributed by atoms with van der Waals surface area (Å²) in [6, 6.07) is 0. The number of hydrogen-bond acceptors (Lipinski definition) is 4. The second-order valence-corrected chi connectivity index (χ2v) is 2.74. The molecule has 4 heteroatoms. The monoisotopic (exact) mass is 157 g/mol. The number of aromatic nitrogens is 1. The molecular formula is C6H7NO2S. The van der Waals surface area contributed by atoms with Crippen LogP contribution in [0.15, 0.2) is 6.20 Å². The quantitative estimate of drug-likeness (QED) is 0.608. The molecule has 0 amide bonds. The van der Waals surface area contributed by atoms with E-state index in [0.717, 1.165) is 0 Å². The highest BCUT2D eigenvalue weighted by molar-refractivity contribution is 7.15. The average Bonchev–Trinajstić information content (AvgIpc) is 2.34. The number of methoxy groups -OCH3 is 1. The van der Waals surface area contributed by atoms with Crippen molar-refractivity contribution in [2.24, 2.45) is 0 Å². The molecule has 0 saturated heterocycles. The summed E-state index contributed by atoms with van der Waals surface area (Å²) in [5.41, 5.74) is 0. The van der Waals surface area contributed by atoms with E-state index in [4.69, 9.17) is 4.74 Å². The lowest BCUT2D eigenvalue weighted by atomic mass is 10.5. The van der Waals surface area contributed by atoms with Crippen LogP contribution in [0.25, 0.3) is 0 Å². The van der Waals surface area contributed by atoms with Crippen molar-refractivity contribution in [3.63, 3.8) is 0 Å². The lowest BCUT2D eigenvalue weighted by Gasteiger charge is -1.86. The Labute approximate surface area is 62.7 Å². The molecule has 0 saturated carbocycles. The minimum absolute atomic E-state index is 0.0201. The van der Waals surface area contributed by atoms with Crippen molar-refractivity contribution in [1.29, 1.82) is 0 Å². The van der Waals surface area contributed by atoms with Crippen LogP contribution < -0.4 is 4.74 Å². The van der Waals surface area contributed by atoms with Gasteiger partial charge in [-0.1, -0.05) is 11.3 Å². The van der Waals surface area contributed by atoms with Gasteiger partial charge in [0, 0.05) is 6.92 Å². The Bertz CT molecular complexity index is 244. The van der Waals surface area contributed by atoms with E-state index in [1.165, 1.54) is 18.3 Å². The Balaban J connectivity index is 2.88. The molecule has 1 rings (SSSR count). The molecular weight excluding hydrogens is 150 g/mol. The molecule has 0 radical (unpaired) electrons. The normalized spacial score (nSPS) is 9.40. The summed E-state index contributed by atoms with van der Waals surface area (Å²) < 4.78 is 4.85. The molecule has 3 nitrogen and oxygen atoms in total. The van der Waals surface area contributed by atoms with Gasteiger partial charge in [0.1, 0.15) is 0 Å². The van der Waals surface area contributed by atoms with Crippen LogP contribution in [0.4, 0.5) is 0 Å². The van der Waals surface area contributed by atoms with Gasteiger partial charge in [-0.15, -0.1) is 0 Å². The van der Waals surface area contributed by atoms with E-state index in [-0.39, 0.29) is 5.78 Å². The highest BCUT2D eigenvalue weighted by atomic mass is 32.1. The van der Waals surface area contributed by atoms with E-state index < -0.39 is 0 Å². The highest BCUT2D eigenvalue weighted by Crippen LogP contribution is 2.20. The predicted octanol–water partition coefficient (Wildman–Crippen LogP) is 1.35. The first kappa shape index (κ1) is 7.21. The van der Waals surface area contributed by atoms with Crippen molar-refractivity contribution in [1.82, 2.24) is 4.98 Å². The Morgan fingerprint density at radius 2 is 2.50 bits per heavy atom. The number of carbonyl (C=O) groups is 1. The van der Waals surface area contributed by atoms with Gasteiger partial charge in [0.2, 0.25) is 0 Å². The van der Waals surface area contributed by atoms with Gasteiger partial charge in [-0.3, -0.25) is 4.79 Å². The first-order valence-electron chi connectivity index (χ1n) is 2.75. The fraction of sp³-hybridized carbons (Fsp3) is 0.333. The maximum absolute atomic E-state index is 10.7. The van der Waals surface area contributed by atoms with Crippen LogP contribution in [0.3, 0.4) is 0 Å². The molecule has 0 N–H and O–H groups in total. The summed E-state index contributed by atoms with van der Waals surface area (Å²) in [5.74, 6) is -0.0201. The summed E-state index contributed by atoms with van der Waals surface area (Å²) in [6.07, 6.45) is 1.54. The van der Waals surface area contributed by atoms with Crippen LogP contribution >= 0.6 is 11.3 Å². The van der Waals surface area contributed by atoms with Crippen LogP contribution in [-0.2, 0) is 0 Å². The number of nitrogens with zero attached hydrogens (tertiary/aromatic N) is 1. The van der Waals surface area contributed by atoms with Crippen molar-refractivity contribution >= 4 is 17.1 Å². The SMILES string of the molecule is COc1cnc(C(C)=O)s1. The Hall–Kier alpha value is -0.900. The summed E-state index contributed by atoms with van der Waals surface area (Å²) >= 11 is 1.26. The third-order valence-corrected chi connectivity index (χ3v) is 2.05. The minimum Gasteiger partial charge on any atom is -0.486 e. The van der Waals surface area contributed by atoms with Crippen molar-refractivity contribution in [3.05, 3.63) is 11.2 Å². The lowest BCUT2D eigenvalue weighted by molar-refractivity contribution is 0.101. The number of ether oxygens (including phenoxy) is 1. The predicted molar refractivity (Wildman–Crippen MR) is 38.7 cm³/mol. The standard InChI is InChI=1S/C6H7NO2S/c1-4(8)6-7-3-5(9-2)10-6/h3H,1-2H3. The molecule has 0 aliphatic heterocycles. The topological polar surface area (TPSA) is 39.2 Å². The third kappa shape index (κ3) is 1.33. The number of hydrogen-bond donors (Lipinski definition) is 0. The zero-order chi connectivity index (χ0) is 7.56. The maximum atomic E-state index is 10.7. The van der Waals surface area contributed by atoms with Crippen LogP contribution in [0.5, 0.6) is 5.06 Å². The molecule has 1 heterocycles. The molecule has 0 fully saturated rings. The van der Waals surface area contributed by atoms with Gasteiger partial charge in [0.05, 0.1) is 13.3 Å². The molecule has 54 valence electrons. The van der Waals surface area contributed by atoms with E-state index in [1.54, 1.807) is 13.3 Å². The molecule has 0 bridgehead atoms. The van der Waals surface area contributed by atoms with Crippen LogP contribution in [0.1, 0.15) is 16.7 Å². The second-order valence-electron chi connectivity index (χ2n) is 1.74. The molecule has 0 aliphatic rings. The van der Waals surface area contributed by atoms with E-state index >= 15 is 0 Å². The molecule has 0 spiro atoms. The van der Waals surface area contributed by atoms with Gasteiger partial charge < -0.3 is 4.74 Å². The number of rotatable bonds is 2. The minimum atomic E-state index is -0.0201.